The largest absolute Gasteiger partial charge is 0.465 e. The van der Waals surface area contributed by atoms with Gasteiger partial charge in [-0.1, -0.05) is 6.07 Å². The van der Waals surface area contributed by atoms with Crippen LogP contribution in [0.5, 0.6) is 0 Å². The molecule has 5 rings (SSSR count). The summed E-state index contributed by atoms with van der Waals surface area (Å²) in [5, 5.41) is 21.5. The number of aromatic nitrogens is 1. The second-order valence-electron chi connectivity index (χ2n) is 9.48. The molecule has 1 aromatic rings. The van der Waals surface area contributed by atoms with Crippen molar-refractivity contribution >= 4 is 17.9 Å². The summed E-state index contributed by atoms with van der Waals surface area (Å²) in [4.78, 5) is 46.0. The van der Waals surface area contributed by atoms with Crippen LogP contribution in [0.2, 0.25) is 0 Å². The van der Waals surface area contributed by atoms with E-state index < -0.39 is 23.7 Å². The second-order valence-corrected chi connectivity index (χ2v) is 9.48. The van der Waals surface area contributed by atoms with Gasteiger partial charge < -0.3 is 20.2 Å². The third-order valence-corrected chi connectivity index (χ3v) is 7.85. The molecule has 1 aliphatic carbocycles. The molecule has 4 fully saturated rings. The second kappa shape index (κ2) is 7.76. The molecule has 4 heterocycles. The molecule has 32 heavy (non-hydrogen) atoms. The Labute approximate surface area is 186 Å². The maximum Gasteiger partial charge on any atom is 0.405 e. The molecule has 1 saturated carbocycles. The number of nitrogens with one attached hydrogen (secondary N) is 1. The Morgan fingerprint density at radius 1 is 1.25 bits per heavy atom. The monoisotopic (exact) mass is 437 g/mol. The van der Waals surface area contributed by atoms with E-state index >= 15 is 0 Å². The van der Waals surface area contributed by atoms with Gasteiger partial charge in [0.2, 0.25) is 11.8 Å². The van der Waals surface area contributed by atoms with Crippen molar-refractivity contribution in [1.29, 1.82) is 5.26 Å². The van der Waals surface area contributed by atoms with Crippen molar-refractivity contribution in [2.45, 2.75) is 74.5 Å². The Morgan fingerprint density at radius 2 is 2.06 bits per heavy atom. The first-order valence-electron chi connectivity index (χ1n) is 11.4. The number of fused-ring (bicyclic) bond motifs is 1. The van der Waals surface area contributed by atoms with Gasteiger partial charge in [-0.15, -0.1) is 0 Å². The van der Waals surface area contributed by atoms with Crippen LogP contribution < -0.4 is 5.32 Å². The highest BCUT2D eigenvalue weighted by atomic mass is 16.4. The van der Waals surface area contributed by atoms with E-state index in [0.717, 1.165) is 37.7 Å². The zero-order valence-corrected chi connectivity index (χ0v) is 17.8. The van der Waals surface area contributed by atoms with Crippen LogP contribution in [0, 0.1) is 17.2 Å². The first-order valence-corrected chi connectivity index (χ1v) is 11.4. The molecule has 3 amide bonds. The lowest BCUT2D eigenvalue weighted by Gasteiger charge is -2.35. The predicted molar refractivity (Wildman–Crippen MR) is 112 cm³/mol. The number of likely N-dealkylation sites (tertiary alicyclic amines) is 1. The Bertz CT molecular complexity index is 972. The minimum Gasteiger partial charge on any atom is -0.465 e. The number of rotatable bonds is 3. The molecule has 168 valence electrons. The fourth-order valence-corrected chi connectivity index (χ4v) is 6.21. The molecule has 9 nitrogen and oxygen atoms in total. The summed E-state index contributed by atoms with van der Waals surface area (Å²) in [6.07, 6.45) is 7.12. The van der Waals surface area contributed by atoms with Gasteiger partial charge in [0.15, 0.2) is 0 Å². The number of carboxylic acid groups (broad SMARTS) is 1. The number of carbonyl (C=O) groups is 3. The van der Waals surface area contributed by atoms with Crippen molar-refractivity contribution in [2.24, 2.45) is 5.92 Å². The molecule has 5 atom stereocenters. The summed E-state index contributed by atoms with van der Waals surface area (Å²) in [6, 6.07) is 4.84. The van der Waals surface area contributed by atoms with E-state index in [4.69, 9.17) is 5.11 Å². The number of pyridine rings is 1. The van der Waals surface area contributed by atoms with E-state index in [1.807, 2.05) is 17.0 Å². The van der Waals surface area contributed by atoms with Gasteiger partial charge in [0.05, 0.1) is 17.5 Å². The van der Waals surface area contributed by atoms with Gasteiger partial charge >= 0.3 is 6.09 Å². The molecule has 0 bridgehead atoms. The van der Waals surface area contributed by atoms with Gasteiger partial charge in [-0.2, -0.15) is 5.26 Å². The Balaban J connectivity index is 1.42. The van der Waals surface area contributed by atoms with Crippen LogP contribution in [0.3, 0.4) is 0 Å². The van der Waals surface area contributed by atoms with E-state index in [2.05, 4.69) is 16.4 Å². The standard InChI is InChI=1S/C23H27N5O4/c24-11-17-16(14-3-2-10-25-12-14)13-27(23(17)8-9-23)21(30)19-7-6-15-4-1-5-18(26-22(31)32)20(29)28(15)19/h2-3,10,12,15-19,26H,1,4-9,13H2,(H,31,32)/t15-,16-,17-,18-,19-/m0/s1. The highest BCUT2D eigenvalue weighted by molar-refractivity contribution is 5.93. The SMILES string of the molecule is N#C[C@H]1[C@H](c2cccnc2)CN(C(=O)[C@@H]2CC[C@@H]3CCC[C@H](NC(=O)O)C(=O)N32)C12CC2. The summed E-state index contributed by atoms with van der Waals surface area (Å²) in [7, 11) is 0. The number of hydrogen-bond acceptors (Lipinski definition) is 5. The lowest BCUT2D eigenvalue weighted by atomic mass is 9.85. The van der Waals surface area contributed by atoms with Crippen molar-refractivity contribution in [3.05, 3.63) is 30.1 Å². The minimum absolute atomic E-state index is 0.0318. The zero-order chi connectivity index (χ0) is 22.5. The normalized spacial score (nSPS) is 32.8. The third kappa shape index (κ3) is 3.20. The predicted octanol–water partition coefficient (Wildman–Crippen LogP) is 1.86. The summed E-state index contributed by atoms with van der Waals surface area (Å²) in [5.74, 6) is -0.788. The van der Waals surface area contributed by atoms with Crippen LogP contribution >= 0.6 is 0 Å². The quantitative estimate of drug-likeness (QED) is 0.743. The third-order valence-electron chi connectivity index (χ3n) is 7.85. The highest BCUT2D eigenvalue weighted by Gasteiger charge is 2.64. The van der Waals surface area contributed by atoms with Gasteiger partial charge in [-0.25, -0.2) is 4.79 Å². The summed E-state index contributed by atoms with van der Waals surface area (Å²) in [5.41, 5.74) is 0.499. The number of nitriles is 1. The zero-order valence-electron chi connectivity index (χ0n) is 17.8. The average Bonchev–Trinajstić information content (AvgIpc) is 3.38. The van der Waals surface area contributed by atoms with Gasteiger partial charge in [-0.05, 0) is 56.6 Å². The maximum absolute atomic E-state index is 13.9. The van der Waals surface area contributed by atoms with Gasteiger partial charge in [0.25, 0.3) is 0 Å². The average molecular weight is 438 g/mol. The Kier molecular flexibility index (Phi) is 5.03. The van der Waals surface area contributed by atoms with Crippen LogP contribution in [-0.4, -0.2) is 68.0 Å². The van der Waals surface area contributed by atoms with E-state index in [9.17, 15) is 19.6 Å². The van der Waals surface area contributed by atoms with Crippen LogP contribution in [0.1, 0.15) is 56.4 Å². The highest BCUT2D eigenvalue weighted by Crippen LogP contribution is 2.58. The van der Waals surface area contributed by atoms with Crippen LogP contribution in [0.15, 0.2) is 24.5 Å². The molecule has 2 N–H and O–H groups in total. The number of nitrogens with zero attached hydrogens (tertiary/aromatic N) is 4. The van der Waals surface area contributed by atoms with E-state index in [0.29, 0.717) is 19.4 Å². The van der Waals surface area contributed by atoms with Crippen molar-refractivity contribution < 1.29 is 19.5 Å². The van der Waals surface area contributed by atoms with Crippen LogP contribution in [0.4, 0.5) is 4.79 Å². The van der Waals surface area contributed by atoms with Crippen LogP contribution in [0.25, 0.3) is 0 Å². The molecule has 0 radical (unpaired) electrons. The molecule has 0 aromatic carbocycles. The van der Waals surface area contributed by atoms with Crippen molar-refractivity contribution in [1.82, 2.24) is 20.1 Å². The number of amides is 3. The van der Waals surface area contributed by atoms with Crippen molar-refractivity contribution in [3.63, 3.8) is 0 Å². The Morgan fingerprint density at radius 3 is 2.72 bits per heavy atom. The van der Waals surface area contributed by atoms with E-state index in [1.165, 1.54) is 0 Å². The summed E-state index contributed by atoms with van der Waals surface area (Å²) >= 11 is 0. The Hall–Kier alpha value is -3.15. The summed E-state index contributed by atoms with van der Waals surface area (Å²) < 4.78 is 0. The molecule has 3 saturated heterocycles. The first kappa shape index (κ1) is 20.7. The lowest BCUT2D eigenvalue weighted by molar-refractivity contribution is -0.147. The fraction of sp³-hybridized carbons (Fsp3) is 0.609. The van der Waals surface area contributed by atoms with E-state index in [-0.39, 0.29) is 29.7 Å². The number of carbonyl (C=O) groups excluding carboxylic acids is 2. The topological polar surface area (TPSA) is 127 Å². The molecule has 1 spiro atoms. The molecule has 4 aliphatic rings. The van der Waals surface area contributed by atoms with Crippen molar-refractivity contribution in [3.8, 4) is 6.07 Å². The molecule has 0 unspecified atom stereocenters. The molecule has 9 heteroatoms. The fourth-order valence-electron chi connectivity index (χ4n) is 6.21. The molecular weight excluding hydrogens is 410 g/mol. The number of hydrogen-bond donors (Lipinski definition) is 2. The van der Waals surface area contributed by atoms with Gasteiger partial charge in [0.1, 0.15) is 12.1 Å². The molecular formula is C23H27N5O4. The lowest BCUT2D eigenvalue weighted by Crippen LogP contribution is -2.56. The molecule has 3 aliphatic heterocycles. The summed E-state index contributed by atoms with van der Waals surface area (Å²) in [6.45, 7) is 0.447. The van der Waals surface area contributed by atoms with E-state index in [1.54, 1.807) is 17.3 Å². The van der Waals surface area contributed by atoms with Gasteiger partial charge in [-0.3, -0.25) is 14.6 Å². The van der Waals surface area contributed by atoms with Crippen molar-refractivity contribution in [2.75, 3.05) is 6.54 Å². The first-order chi connectivity index (χ1) is 15.5. The smallest absolute Gasteiger partial charge is 0.405 e. The van der Waals surface area contributed by atoms with Crippen LogP contribution in [-0.2, 0) is 9.59 Å². The minimum atomic E-state index is -1.23. The maximum atomic E-state index is 13.9. The van der Waals surface area contributed by atoms with Gasteiger partial charge in [0, 0.05) is 30.9 Å². The molecule has 1 aromatic heterocycles.